The lowest BCUT2D eigenvalue weighted by Gasteiger charge is -2.48. The maximum absolute atomic E-state index is 13.6. The predicted molar refractivity (Wildman–Crippen MR) is 140 cm³/mol. The van der Waals surface area contributed by atoms with E-state index in [1.54, 1.807) is 4.90 Å². The average molecular weight is 526 g/mol. The van der Waals surface area contributed by atoms with E-state index in [9.17, 15) is 13.6 Å². The molecule has 0 aliphatic carbocycles. The van der Waals surface area contributed by atoms with E-state index in [2.05, 4.69) is 38.0 Å². The molecule has 1 aromatic carbocycles. The molecule has 2 aliphatic rings. The van der Waals surface area contributed by atoms with Gasteiger partial charge in [0.2, 0.25) is 0 Å². The molecule has 2 aliphatic heterocycles. The first-order valence-corrected chi connectivity index (χ1v) is 13.2. The minimum Gasteiger partial charge on any atom is -0.402 e. The Hall–Kier alpha value is -3.60. The molecule has 0 saturated carbocycles. The van der Waals surface area contributed by atoms with E-state index in [0.717, 1.165) is 68.8 Å². The van der Waals surface area contributed by atoms with Crippen molar-refractivity contribution in [3.8, 4) is 11.6 Å². The van der Waals surface area contributed by atoms with Gasteiger partial charge in [0, 0.05) is 50.4 Å². The van der Waals surface area contributed by atoms with Crippen molar-refractivity contribution in [3.63, 3.8) is 0 Å². The molecule has 9 nitrogen and oxygen atoms in total. The standard InChI is InChI=1S/C27H33F2N7O2/c1-3-4-20-16-35(24-8-7-23(31-17(24)2)25-32-33-27(30)38-25)13-14-36(20)19-9-11-34(12-10-19)26(37)18-5-6-21(28)22(29)15-18/h5-8,15,19-20H,3-4,9-14,16H2,1-2H3,(H2,30,33)/t20-/m0/s1. The van der Waals surface area contributed by atoms with Crippen LogP contribution in [0.25, 0.3) is 11.6 Å². The first-order valence-electron chi connectivity index (χ1n) is 13.2. The Morgan fingerprint density at radius 1 is 1.08 bits per heavy atom. The second kappa shape index (κ2) is 11.0. The summed E-state index contributed by atoms with van der Waals surface area (Å²) in [6.45, 7) is 8.10. The Kier molecular flexibility index (Phi) is 7.55. The topological polar surface area (TPSA) is 105 Å². The molecule has 1 atom stereocenters. The van der Waals surface area contributed by atoms with Crippen LogP contribution in [0.1, 0.15) is 48.7 Å². The van der Waals surface area contributed by atoms with Crippen molar-refractivity contribution in [1.82, 2.24) is 25.0 Å². The third kappa shape index (κ3) is 5.33. The van der Waals surface area contributed by atoms with Gasteiger partial charge >= 0.3 is 6.01 Å². The number of nitrogens with two attached hydrogens (primary N) is 1. The third-order valence-corrected chi connectivity index (χ3v) is 7.60. The highest BCUT2D eigenvalue weighted by atomic mass is 19.2. The molecular weight excluding hydrogens is 492 g/mol. The second-order valence-electron chi connectivity index (χ2n) is 10.0. The third-order valence-electron chi connectivity index (χ3n) is 7.60. The largest absolute Gasteiger partial charge is 0.402 e. The van der Waals surface area contributed by atoms with Crippen LogP contribution in [0.3, 0.4) is 0 Å². The van der Waals surface area contributed by atoms with Crippen LogP contribution in [-0.2, 0) is 0 Å². The van der Waals surface area contributed by atoms with E-state index < -0.39 is 11.6 Å². The fraction of sp³-hybridized carbons (Fsp3) is 0.481. The van der Waals surface area contributed by atoms with Gasteiger partial charge < -0.3 is 20.0 Å². The number of nitrogen functional groups attached to an aromatic ring is 1. The molecule has 2 aromatic heterocycles. The zero-order valence-corrected chi connectivity index (χ0v) is 21.7. The molecule has 5 rings (SSSR count). The molecule has 0 radical (unpaired) electrons. The molecule has 1 amide bonds. The van der Waals surface area contributed by atoms with Crippen molar-refractivity contribution in [2.75, 3.05) is 43.4 Å². The SMILES string of the molecule is CCC[C@H]1CN(c2ccc(-c3nnc(N)o3)nc2C)CCN1C1CCN(C(=O)c2ccc(F)c(F)c2)CC1. The highest BCUT2D eigenvalue weighted by Gasteiger charge is 2.35. The van der Waals surface area contributed by atoms with Crippen LogP contribution < -0.4 is 10.6 Å². The summed E-state index contributed by atoms with van der Waals surface area (Å²) in [5.41, 5.74) is 8.33. The smallest absolute Gasteiger partial charge is 0.313 e. The van der Waals surface area contributed by atoms with Gasteiger partial charge in [-0.05, 0) is 56.5 Å². The lowest BCUT2D eigenvalue weighted by atomic mass is 9.96. The Bertz CT molecular complexity index is 1290. The molecule has 0 unspecified atom stereocenters. The fourth-order valence-electron chi connectivity index (χ4n) is 5.72. The summed E-state index contributed by atoms with van der Waals surface area (Å²) in [6, 6.07) is 8.08. The molecule has 4 heterocycles. The van der Waals surface area contributed by atoms with Gasteiger partial charge in [-0.25, -0.2) is 13.8 Å². The van der Waals surface area contributed by atoms with Crippen LogP contribution in [0.2, 0.25) is 0 Å². The van der Waals surface area contributed by atoms with E-state index >= 15 is 0 Å². The minimum absolute atomic E-state index is 0.0154. The van der Waals surface area contributed by atoms with Crippen LogP contribution in [0.4, 0.5) is 20.5 Å². The number of carbonyl (C=O) groups excluding carboxylic acids is 1. The van der Waals surface area contributed by atoms with Gasteiger partial charge in [-0.2, -0.15) is 0 Å². The number of rotatable bonds is 6. The summed E-state index contributed by atoms with van der Waals surface area (Å²) >= 11 is 0. The monoisotopic (exact) mass is 525 g/mol. The number of halogens is 2. The number of benzene rings is 1. The van der Waals surface area contributed by atoms with E-state index in [1.165, 1.54) is 6.07 Å². The maximum Gasteiger partial charge on any atom is 0.313 e. The van der Waals surface area contributed by atoms with Crippen LogP contribution in [0, 0.1) is 18.6 Å². The summed E-state index contributed by atoms with van der Waals surface area (Å²) in [4.78, 5) is 24.3. The Morgan fingerprint density at radius 3 is 2.53 bits per heavy atom. The lowest BCUT2D eigenvalue weighted by molar-refractivity contribution is 0.0481. The zero-order chi connectivity index (χ0) is 26.8. The van der Waals surface area contributed by atoms with Crippen LogP contribution in [0.5, 0.6) is 0 Å². The van der Waals surface area contributed by atoms with E-state index in [0.29, 0.717) is 36.8 Å². The van der Waals surface area contributed by atoms with Crippen LogP contribution in [0.15, 0.2) is 34.7 Å². The number of piperazine rings is 1. The first kappa shape index (κ1) is 26.0. The summed E-state index contributed by atoms with van der Waals surface area (Å²) in [5.74, 6) is -1.88. The number of carbonyl (C=O) groups is 1. The maximum atomic E-state index is 13.6. The molecular formula is C27H33F2N7O2. The number of hydrogen-bond acceptors (Lipinski definition) is 8. The van der Waals surface area contributed by atoms with Crippen molar-refractivity contribution in [2.45, 2.75) is 51.6 Å². The molecule has 38 heavy (non-hydrogen) atoms. The number of piperidine rings is 1. The van der Waals surface area contributed by atoms with Gasteiger partial charge in [0.1, 0.15) is 5.69 Å². The number of nitrogens with zero attached hydrogens (tertiary/aromatic N) is 6. The second-order valence-corrected chi connectivity index (χ2v) is 10.0. The lowest BCUT2D eigenvalue weighted by Crippen LogP contribution is -2.59. The highest BCUT2D eigenvalue weighted by Crippen LogP contribution is 2.30. The van der Waals surface area contributed by atoms with Gasteiger partial charge in [-0.1, -0.05) is 18.4 Å². The Morgan fingerprint density at radius 2 is 1.87 bits per heavy atom. The van der Waals surface area contributed by atoms with Gasteiger partial charge in [-0.15, -0.1) is 5.10 Å². The van der Waals surface area contributed by atoms with Crippen LogP contribution in [-0.4, -0.2) is 75.7 Å². The molecule has 0 bridgehead atoms. The van der Waals surface area contributed by atoms with Crippen molar-refractivity contribution in [3.05, 3.63) is 53.2 Å². The van der Waals surface area contributed by atoms with Crippen molar-refractivity contribution in [2.24, 2.45) is 0 Å². The average Bonchev–Trinajstić information content (AvgIpc) is 3.36. The van der Waals surface area contributed by atoms with Crippen molar-refractivity contribution < 1.29 is 18.0 Å². The zero-order valence-electron chi connectivity index (χ0n) is 21.7. The molecule has 3 aromatic rings. The minimum atomic E-state index is -0.995. The number of amides is 1. The number of anilines is 2. The Labute approximate surface area is 220 Å². The first-order chi connectivity index (χ1) is 18.3. The van der Waals surface area contributed by atoms with Crippen LogP contribution >= 0.6 is 0 Å². The van der Waals surface area contributed by atoms with Gasteiger partial charge in [-0.3, -0.25) is 9.69 Å². The van der Waals surface area contributed by atoms with Gasteiger partial charge in [0.05, 0.1) is 11.4 Å². The molecule has 2 fully saturated rings. The highest BCUT2D eigenvalue weighted by molar-refractivity contribution is 5.94. The summed E-state index contributed by atoms with van der Waals surface area (Å²) in [7, 11) is 0. The molecule has 2 saturated heterocycles. The quantitative estimate of drug-likeness (QED) is 0.517. The molecule has 2 N–H and O–H groups in total. The van der Waals surface area contributed by atoms with Crippen molar-refractivity contribution >= 4 is 17.6 Å². The van der Waals surface area contributed by atoms with Crippen molar-refractivity contribution in [1.29, 1.82) is 0 Å². The van der Waals surface area contributed by atoms with E-state index in [1.807, 2.05) is 13.0 Å². The fourth-order valence-corrected chi connectivity index (χ4v) is 5.72. The number of hydrogen-bond donors (Lipinski definition) is 1. The summed E-state index contributed by atoms with van der Waals surface area (Å²) < 4.78 is 32.2. The number of pyridine rings is 1. The molecule has 0 spiro atoms. The molecule has 202 valence electrons. The summed E-state index contributed by atoms with van der Waals surface area (Å²) in [6.07, 6.45) is 3.88. The number of likely N-dealkylation sites (tertiary alicyclic amines) is 1. The van der Waals surface area contributed by atoms with E-state index in [4.69, 9.17) is 10.2 Å². The number of aryl methyl sites for hydroxylation is 1. The normalized spacial score (nSPS) is 19.2. The molecule has 11 heteroatoms. The summed E-state index contributed by atoms with van der Waals surface area (Å²) in [5, 5.41) is 7.64. The van der Waals surface area contributed by atoms with E-state index in [-0.39, 0.29) is 17.5 Å². The van der Waals surface area contributed by atoms with Gasteiger partial charge in [0.25, 0.3) is 11.8 Å². The Balaban J connectivity index is 1.22. The number of aromatic nitrogens is 3. The van der Waals surface area contributed by atoms with Gasteiger partial charge in [0.15, 0.2) is 11.6 Å². The predicted octanol–water partition coefficient (Wildman–Crippen LogP) is 3.90.